The van der Waals surface area contributed by atoms with Crippen molar-refractivity contribution in [1.29, 1.82) is 0 Å². The Labute approximate surface area is 189 Å². The predicted octanol–water partition coefficient (Wildman–Crippen LogP) is 2.29. The molecule has 1 aliphatic heterocycles. The molecule has 0 atom stereocenters. The number of ether oxygens (including phenoxy) is 1. The Morgan fingerprint density at radius 3 is 2.39 bits per heavy atom. The van der Waals surface area contributed by atoms with Gasteiger partial charge < -0.3 is 10.1 Å². The number of halogens is 1. The second-order valence-electron chi connectivity index (χ2n) is 7.52. The zero-order valence-corrected chi connectivity index (χ0v) is 19.2. The van der Waals surface area contributed by atoms with Crippen LogP contribution >= 0.6 is 11.6 Å². The van der Waals surface area contributed by atoms with Crippen LogP contribution in [0.5, 0.6) is 0 Å². The summed E-state index contributed by atoms with van der Waals surface area (Å²) in [7, 11) is -3.85. The van der Waals surface area contributed by atoms with Crippen LogP contribution < -0.4 is 5.32 Å². The fourth-order valence-electron chi connectivity index (χ4n) is 3.27. The molecule has 1 heterocycles. The molecule has 2 aromatic rings. The Morgan fingerprint density at radius 1 is 1.10 bits per heavy atom. The normalized spacial score (nSPS) is 15.2. The molecule has 1 fully saturated rings. The lowest BCUT2D eigenvalue weighted by Gasteiger charge is -2.27. The van der Waals surface area contributed by atoms with Gasteiger partial charge in [0.1, 0.15) is 0 Å². The van der Waals surface area contributed by atoms with Crippen molar-refractivity contribution in [3.8, 4) is 0 Å². The molecule has 168 valence electrons. The molecule has 0 saturated carbocycles. The number of aryl methyl sites for hydroxylation is 1. The topological polar surface area (TPSA) is 79.0 Å². The lowest BCUT2D eigenvalue weighted by atomic mass is 10.2. The maximum Gasteiger partial charge on any atom is 0.243 e. The Balaban J connectivity index is 1.69. The summed E-state index contributed by atoms with van der Waals surface area (Å²) in [4.78, 5) is 15.0. The number of morpholine rings is 1. The molecule has 1 amide bonds. The van der Waals surface area contributed by atoms with Crippen LogP contribution in [0.4, 0.5) is 0 Å². The molecule has 0 aromatic heterocycles. The zero-order chi connectivity index (χ0) is 22.3. The van der Waals surface area contributed by atoms with Gasteiger partial charge in [-0.15, -0.1) is 0 Å². The number of hydrogen-bond acceptors (Lipinski definition) is 5. The Morgan fingerprint density at radius 2 is 1.74 bits per heavy atom. The van der Waals surface area contributed by atoms with Crippen LogP contribution in [-0.2, 0) is 26.1 Å². The highest BCUT2D eigenvalue weighted by atomic mass is 35.5. The minimum Gasteiger partial charge on any atom is -0.379 e. The fourth-order valence-corrected chi connectivity index (χ4v) is 4.78. The summed E-state index contributed by atoms with van der Waals surface area (Å²) in [5, 5.41) is 3.41. The molecule has 2 aromatic carbocycles. The highest BCUT2D eigenvalue weighted by Gasteiger charge is 2.27. The van der Waals surface area contributed by atoms with Crippen molar-refractivity contribution < 1.29 is 17.9 Å². The number of carbonyl (C=O) groups is 1. The van der Waals surface area contributed by atoms with Gasteiger partial charge in [0.25, 0.3) is 0 Å². The molecule has 3 rings (SSSR count). The van der Waals surface area contributed by atoms with Gasteiger partial charge in [-0.3, -0.25) is 9.69 Å². The van der Waals surface area contributed by atoms with Crippen LogP contribution in [0.15, 0.2) is 53.4 Å². The van der Waals surface area contributed by atoms with Crippen LogP contribution in [0.3, 0.4) is 0 Å². The molecule has 31 heavy (non-hydrogen) atoms. The Kier molecular flexibility index (Phi) is 8.45. The summed E-state index contributed by atoms with van der Waals surface area (Å²) in [6.07, 6.45) is 0. The van der Waals surface area contributed by atoms with E-state index in [1.807, 2.05) is 6.92 Å². The number of amides is 1. The number of rotatable bonds is 9. The predicted molar refractivity (Wildman–Crippen MR) is 120 cm³/mol. The Hall–Kier alpha value is -1.97. The van der Waals surface area contributed by atoms with E-state index in [-0.39, 0.29) is 23.9 Å². The number of carbonyl (C=O) groups excluding carboxylic acids is 1. The first-order valence-electron chi connectivity index (χ1n) is 10.2. The SMILES string of the molecule is Cc1ccc(S(=O)(=O)N(CC(=O)NCCN2CCOCC2)Cc2ccc(Cl)cc2)cc1. The molecule has 0 bridgehead atoms. The van der Waals surface area contributed by atoms with E-state index >= 15 is 0 Å². The van der Waals surface area contributed by atoms with Crippen molar-refractivity contribution >= 4 is 27.5 Å². The zero-order valence-electron chi connectivity index (χ0n) is 17.6. The molecule has 0 aliphatic carbocycles. The lowest BCUT2D eigenvalue weighted by Crippen LogP contribution is -2.44. The van der Waals surface area contributed by atoms with Gasteiger partial charge in [0.05, 0.1) is 24.7 Å². The van der Waals surface area contributed by atoms with E-state index in [4.69, 9.17) is 16.3 Å². The van der Waals surface area contributed by atoms with Crippen LogP contribution in [0.1, 0.15) is 11.1 Å². The quantitative estimate of drug-likeness (QED) is 0.614. The molecule has 1 saturated heterocycles. The monoisotopic (exact) mass is 465 g/mol. The van der Waals surface area contributed by atoms with Crippen LogP contribution in [0.2, 0.25) is 5.02 Å². The molecule has 1 N–H and O–H groups in total. The van der Waals surface area contributed by atoms with E-state index in [1.54, 1.807) is 48.5 Å². The van der Waals surface area contributed by atoms with Crippen molar-refractivity contribution in [2.75, 3.05) is 45.9 Å². The minimum absolute atomic E-state index is 0.0737. The van der Waals surface area contributed by atoms with Gasteiger partial charge in [0.2, 0.25) is 15.9 Å². The first kappa shape index (κ1) is 23.7. The summed E-state index contributed by atoms with van der Waals surface area (Å²) in [5.74, 6) is -0.335. The number of nitrogens with zero attached hydrogens (tertiary/aromatic N) is 2. The molecule has 7 nitrogen and oxygen atoms in total. The van der Waals surface area contributed by atoms with Crippen LogP contribution in [0.25, 0.3) is 0 Å². The van der Waals surface area contributed by atoms with Crippen molar-refractivity contribution in [3.63, 3.8) is 0 Å². The van der Waals surface area contributed by atoms with E-state index in [1.165, 1.54) is 4.31 Å². The molecule has 1 aliphatic rings. The minimum atomic E-state index is -3.85. The van der Waals surface area contributed by atoms with Gasteiger partial charge in [0, 0.05) is 37.7 Å². The van der Waals surface area contributed by atoms with Crippen LogP contribution in [0, 0.1) is 6.92 Å². The second-order valence-corrected chi connectivity index (χ2v) is 9.89. The van der Waals surface area contributed by atoms with Gasteiger partial charge in [-0.05, 0) is 36.8 Å². The first-order valence-corrected chi connectivity index (χ1v) is 12.0. The van der Waals surface area contributed by atoms with Gasteiger partial charge >= 0.3 is 0 Å². The summed E-state index contributed by atoms with van der Waals surface area (Å²) >= 11 is 5.95. The first-order chi connectivity index (χ1) is 14.8. The average Bonchev–Trinajstić information content (AvgIpc) is 2.76. The maximum absolute atomic E-state index is 13.3. The van der Waals surface area contributed by atoms with Gasteiger partial charge in [-0.2, -0.15) is 4.31 Å². The summed E-state index contributed by atoms with van der Waals surface area (Å²) in [6.45, 7) is 5.92. The number of nitrogens with one attached hydrogen (secondary N) is 1. The van der Waals surface area contributed by atoms with Crippen molar-refractivity contribution in [2.24, 2.45) is 0 Å². The van der Waals surface area contributed by atoms with E-state index in [0.29, 0.717) is 31.3 Å². The van der Waals surface area contributed by atoms with E-state index in [0.717, 1.165) is 24.2 Å². The van der Waals surface area contributed by atoms with Crippen molar-refractivity contribution in [1.82, 2.24) is 14.5 Å². The molecule has 0 spiro atoms. The smallest absolute Gasteiger partial charge is 0.243 e. The largest absolute Gasteiger partial charge is 0.379 e. The third-order valence-corrected chi connectivity index (χ3v) is 7.16. The summed E-state index contributed by atoms with van der Waals surface area (Å²) < 4.78 is 33.1. The number of hydrogen-bond donors (Lipinski definition) is 1. The molecule has 0 radical (unpaired) electrons. The Bertz CT molecular complexity index is 959. The molecular weight excluding hydrogens is 438 g/mol. The third-order valence-electron chi connectivity index (χ3n) is 5.10. The molecule has 0 unspecified atom stereocenters. The van der Waals surface area contributed by atoms with Gasteiger partial charge in [-0.1, -0.05) is 41.4 Å². The van der Waals surface area contributed by atoms with Gasteiger partial charge in [-0.25, -0.2) is 8.42 Å². The maximum atomic E-state index is 13.3. The highest BCUT2D eigenvalue weighted by Crippen LogP contribution is 2.20. The third kappa shape index (κ3) is 7.02. The molecular formula is C22H28ClN3O4S. The van der Waals surface area contributed by atoms with E-state index < -0.39 is 10.0 Å². The lowest BCUT2D eigenvalue weighted by molar-refractivity contribution is -0.121. The molecule has 9 heteroatoms. The standard InChI is InChI=1S/C22H28ClN3O4S/c1-18-2-8-21(9-3-18)31(28,29)26(16-19-4-6-20(23)7-5-19)17-22(27)24-10-11-25-12-14-30-15-13-25/h2-9H,10-17H2,1H3,(H,24,27). The number of benzene rings is 2. The van der Waals surface area contributed by atoms with Gasteiger partial charge in [0.15, 0.2) is 0 Å². The summed E-state index contributed by atoms with van der Waals surface area (Å²) in [6, 6.07) is 13.6. The van der Waals surface area contributed by atoms with Crippen molar-refractivity contribution in [3.05, 3.63) is 64.7 Å². The summed E-state index contributed by atoms with van der Waals surface area (Å²) in [5.41, 5.74) is 1.71. The van der Waals surface area contributed by atoms with E-state index in [9.17, 15) is 13.2 Å². The van der Waals surface area contributed by atoms with Crippen molar-refractivity contribution in [2.45, 2.75) is 18.4 Å². The number of sulfonamides is 1. The average molecular weight is 466 g/mol. The van der Waals surface area contributed by atoms with Crippen LogP contribution in [-0.4, -0.2) is 69.5 Å². The highest BCUT2D eigenvalue weighted by molar-refractivity contribution is 7.89. The van der Waals surface area contributed by atoms with E-state index in [2.05, 4.69) is 10.2 Å². The second kappa shape index (κ2) is 11.1. The fraction of sp³-hybridized carbons (Fsp3) is 0.409.